The summed E-state index contributed by atoms with van der Waals surface area (Å²) >= 11 is 17.2. The van der Waals surface area contributed by atoms with Gasteiger partial charge in [0.05, 0.1) is 73.9 Å². The van der Waals surface area contributed by atoms with Gasteiger partial charge in [-0.3, -0.25) is 20.2 Å². The Morgan fingerprint density at radius 2 is 0.750 bits per heavy atom. The predicted molar refractivity (Wildman–Crippen MR) is 548 cm³/mol. The summed E-state index contributed by atoms with van der Waals surface area (Å²) < 4.78 is 26.3. The van der Waals surface area contributed by atoms with Crippen molar-refractivity contribution in [2.75, 3.05) is 57.8 Å². The number of nitrogens with one attached hydrogen (secondary N) is 2. The van der Waals surface area contributed by atoms with Gasteiger partial charge in [-0.2, -0.15) is 25.5 Å². The molecule has 8 aromatic carbocycles. The van der Waals surface area contributed by atoms with Gasteiger partial charge < -0.3 is 34.9 Å². The van der Waals surface area contributed by atoms with E-state index in [4.69, 9.17) is 30.6 Å². The number of ketones is 2. The number of nitrogen functional groups attached to an aromatic ring is 1. The lowest BCUT2D eigenvalue weighted by atomic mass is 9.86. The lowest BCUT2D eigenvalue weighted by molar-refractivity contribution is -0.133. The molecule has 3 amide bonds. The number of anilines is 1. The topological polar surface area (TPSA) is 253 Å². The van der Waals surface area contributed by atoms with E-state index in [0.717, 1.165) is 138 Å². The standard InChI is InChI=1S/C24H28N4O3.3C14H15BrN2.C14H11BrN2.C9H18N2O2.C8H12O2.C6H7BrN2.ClH/c1-17-20-7-5-6-8-21(20)28(25-17)19-11-9-18(10-12-19)22(29)26-13-15-27(16-14-26)23(30)31-24(2,3)4;1-10-13-4-2-3-5-14(13)16-17(10)12-8-6-11(15)7-9-12;3*1-10-13-4-2-3-5-14(13)17(16-10)12-8-6-11(15)7-9-12;1-9(2,3)13-8(12)11-6-4-10-5-7-11;1-6(9)7-4-2-3-5-8(7)10;7-5-1-3-6(9-8)4-2-5;/h5-12H,13-16H2,1-4H3;3*6-9H,2-5H2,1H3;2-9H,1H3;10H,4-7H2,1-3H3;7H,2-5H2,1H3;1-4,9H,8H2;1H. The maximum Gasteiger partial charge on any atom is 0.410 e. The SMILES string of the molecule is CC(=O)C1CCCCC1=O.CC(C)(C)OC(=O)N1CCNCC1.Cc1c2c(nn1-c1ccc(Br)cc1)CCCC2.Cc1nn(-c2ccc(Br)cc2)c2c1CCCC2.Cc1nn(-c2ccc(Br)cc2)c2c1CCCC2.Cc1nn(-c2ccc(Br)cc2)c2ccccc12.Cc1nn(-c2ccc(C(=O)N3CCN(C(=O)OC(C)(C)C)CC3)cc2)c2ccccc12.Cl.NNc1ccc(Br)cc1. The Bertz CT molecular complexity index is 5900. The van der Waals surface area contributed by atoms with E-state index in [-0.39, 0.29) is 53.6 Å². The van der Waals surface area contributed by atoms with E-state index in [9.17, 15) is 24.0 Å². The van der Waals surface area contributed by atoms with Crippen LogP contribution in [0.1, 0.15) is 185 Å². The Balaban J connectivity index is 0.000000149. The fraction of sp³-hybridized carbons (Fsp3) is 0.379. The van der Waals surface area contributed by atoms with Crippen LogP contribution >= 0.6 is 92.1 Å². The molecule has 2 aliphatic heterocycles. The second kappa shape index (κ2) is 48.3. The zero-order chi connectivity index (χ0) is 93.6. The van der Waals surface area contributed by atoms with Gasteiger partial charge >= 0.3 is 12.2 Å². The van der Waals surface area contributed by atoms with Crippen LogP contribution in [0.2, 0.25) is 0 Å². The number of carbonyl (C=O) groups is 5. The van der Waals surface area contributed by atoms with Gasteiger partial charge in [0.1, 0.15) is 22.8 Å². The Morgan fingerprint density at radius 3 is 1.14 bits per heavy atom. The van der Waals surface area contributed by atoms with Crippen molar-refractivity contribution in [1.29, 1.82) is 0 Å². The summed E-state index contributed by atoms with van der Waals surface area (Å²) in [5, 5.41) is 28.9. The monoisotopic (exact) mass is 2120 g/mol. The highest BCUT2D eigenvalue weighted by molar-refractivity contribution is 9.11. The Hall–Kier alpha value is -9.91. The zero-order valence-corrected chi connectivity index (χ0v) is 86.3. The maximum atomic E-state index is 12.9. The molecular weight excluding hydrogens is 2010 g/mol. The first-order valence-corrected chi connectivity index (χ1v) is 49.2. The number of hydrazine groups is 1. The highest BCUT2D eigenvalue weighted by Gasteiger charge is 2.31. The molecule has 19 rings (SSSR count). The number of halogens is 6. The minimum Gasteiger partial charge on any atom is -0.444 e. The number of amides is 3. The second-order valence-corrected chi connectivity index (χ2v) is 40.0. The predicted octanol–water partition coefficient (Wildman–Crippen LogP) is 23.9. The minimum absolute atomic E-state index is 0. The van der Waals surface area contributed by atoms with Crippen molar-refractivity contribution in [2.45, 2.75) is 197 Å². The summed E-state index contributed by atoms with van der Waals surface area (Å²) in [7, 11) is 0. The molecular formula is C103H122Br5ClN16O7. The molecule has 698 valence electrons. The molecule has 132 heavy (non-hydrogen) atoms. The Labute approximate surface area is 824 Å². The van der Waals surface area contributed by atoms with Crippen molar-refractivity contribution in [3.05, 3.63) is 284 Å². The van der Waals surface area contributed by atoms with Crippen LogP contribution in [0.15, 0.2) is 216 Å². The number of rotatable bonds is 8. The number of aryl methyl sites for hydroxylation is 5. The van der Waals surface area contributed by atoms with E-state index in [1.54, 1.807) is 14.7 Å². The number of hydrogen-bond donors (Lipinski definition) is 3. The average Bonchev–Trinajstić information content (AvgIpc) is 1.57. The molecule has 7 heterocycles. The first-order chi connectivity index (χ1) is 62.8. The van der Waals surface area contributed by atoms with Crippen molar-refractivity contribution in [1.82, 2.24) is 68.9 Å². The van der Waals surface area contributed by atoms with Gasteiger partial charge in [0.15, 0.2) is 0 Å². The molecule has 5 aromatic heterocycles. The van der Waals surface area contributed by atoms with Crippen molar-refractivity contribution in [3.63, 3.8) is 0 Å². The van der Waals surface area contributed by atoms with Gasteiger partial charge in [0.2, 0.25) is 0 Å². The van der Waals surface area contributed by atoms with E-state index in [2.05, 4.69) is 239 Å². The number of Topliss-reactive ketones (excluding diaryl/α,β-unsaturated/α-hetero) is 2. The smallest absolute Gasteiger partial charge is 0.410 e. The number of benzene rings is 8. The van der Waals surface area contributed by atoms with E-state index < -0.39 is 5.60 Å². The average molecular weight is 2130 g/mol. The Morgan fingerprint density at radius 1 is 0.402 bits per heavy atom. The molecule has 0 spiro atoms. The third-order valence-corrected chi connectivity index (χ3v) is 26.1. The van der Waals surface area contributed by atoms with Crippen LogP contribution in [0, 0.1) is 40.5 Å². The van der Waals surface area contributed by atoms with Crippen LogP contribution in [0.5, 0.6) is 0 Å². The van der Waals surface area contributed by atoms with Crippen LogP contribution in [-0.2, 0) is 57.6 Å². The molecule has 1 unspecified atom stereocenters. The molecule has 23 nitrogen and oxygen atoms in total. The molecule has 0 radical (unpaired) electrons. The van der Waals surface area contributed by atoms with Crippen LogP contribution in [0.4, 0.5) is 15.3 Å². The van der Waals surface area contributed by atoms with E-state index >= 15 is 0 Å². The second-order valence-electron chi connectivity index (χ2n) is 35.4. The molecule has 1 atom stereocenters. The number of hydrogen-bond acceptors (Lipinski definition) is 15. The number of aromatic nitrogens is 10. The molecule has 29 heteroatoms. The van der Waals surface area contributed by atoms with Crippen LogP contribution in [-0.4, -0.2) is 157 Å². The number of fused-ring (bicyclic) bond motifs is 5. The fourth-order valence-electron chi connectivity index (χ4n) is 16.6. The van der Waals surface area contributed by atoms with Gasteiger partial charge in [-0.1, -0.05) is 122 Å². The maximum absolute atomic E-state index is 12.9. The third kappa shape index (κ3) is 28.1. The lowest BCUT2D eigenvalue weighted by Crippen LogP contribution is -2.51. The number of nitrogens with zero attached hydrogens (tertiary/aromatic N) is 13. The van der Waals surface area contributed by atoms with Crippen LogP contribution in [0.25, 0.3) is 50.2 Å². The molecule has 4 N–H and O–H groups in total. The van der Waals surface area contributed by atoms with Gasteiger partial charge in [0, 0.05) is 120 Å². The van der Waals surface area contributed by atoms with Crippen molar-refractivity contribution in [3.8, 4) is 28.4 Å². The quantitative estimate of drug-likeness (QED) is 0.0726. The van der Waals surface area contributed by atoms with Crippen molar-refractivity contribution in [2.24, 2.45) is 11.8 Å². The zero-order valence-electron chi connectivity index (χ0n) is 77.6. The minimum atomic E-state index is -0.524. The third-order valence-electron chi connectivity index (χ3n) is 23.4. The molecule has 0 bridgehead atoms. The number of carbonyl (C=O) groups excluding carboxylic acids is 5. The fourth-order valence-corrected chi connectivity index (χ4v) is 17.9. The van der Waals surface area contributed by atoms with Gasteiger partial charge in [0.25, 0.3) is 5.91 Å². The first kappa shape index (κ1) is 103. The highest BCUT2D eigenvalue weighted by Crippen LogP contribution is 2.33. The summed E-state index contributed by atoms with van der Waals surface area (Å²) in [6.07, 6.45) is 17.7. The van der Waals surface area contributed by atoms with Gasteiger partial charge in [-0.25, -0.2) is 33.0 Å². The van der Waals surface area contributed by atoms with Crippen LogP contribution < -0.4 is 16.6 Å². The summed E-state index contributed by atoms with van der Waals surface area (Å²) in [5.74, 6) is 5.05. The summed E-state index contributed by atoms with van der Waals surface area (Å²) in [5.41, 5.74) is 25.1. The Kier molecular flexibility index (Phi) is 37.6. The molecule has 6 aliphatic rings. The largest absolute Gasteiger partial charge is 0.444 e. The number of para-hydroxylation sites is 2. The number of ether oxygens (including phenoxy) is 2. The van der Waals surface area contributed by atoms with E-state index in [0.29, 0.717) is 38.2 Å². The summed E-state index contributed by atoms with van der Waals surface area (Å²) in [6.45, 7) is 28.3. The van der Waals surface area contributed by atoms with E-state index in [1.165, 1.54) is 132 Å². The van der Waals surface area contributed by atoms with Crippen molar-refractivity contribution >= 4 is 149 Å². The van der Waals surface area contributed by atoms with Crippen LogP contribution in [0.3, 0.4) is 0 Å². The van der Waals surface area contributed by atoms with Gasteiger partial charge in [-0.15, -0.1) is 12.4 Å². The number of piperazine rings is 2. The molecule has 2 saturated heterocycles. The summed E-state index contributed by atoms with van der Waals surface area (Å²) in [4.78, 5) is 63.6. The molecule has 3 fully saturated rings. The molecule has 1 saturated carbocycles. The lowest BCUT2D eigenvalue weighted by Gasteiger charge is -2.35. The van der Waals surface area contributed by atoms with Gasteiger partial charge in [-0.05, 0) is 347 Å². The first-order valence-electron chi connectivity index (χ1n) is 45.2. The number of nitrogens with two attached hydrogens (primary N) is 1. The van der Waals surface area contributed by atoms with E-state index in [1.807, 2.05) is 156 Å². The molecule has 4 aliphatic carbocycles. The highest BCUT2D eigenvalue weighted by atomic mass is 79.9. The molecule has 13 aromatic rings. The van der Waals surface area contributed by atoms with Crippen molar-refractivity contribution < 1.29 is 33.4 Å². The summed E-state index contributed by atoms with van der Waals surface area (Å²) in [6, 6.07) is 64.8. The normalized spacial score (nSPS) is 15.0.